The van der Waals surface area contributed by atoms with Crippen LogP contribution in [-0.2, 0) is 6.54 Å². The Morgan fingerprint density at radius 3 is 2.50 bits per heavy atom. The van der Waals surface area contributed by atoms with Crippen molar-refractivity contribution in [1.82, 2.24) is 5.32 Å². The smallest absolute Gasteiger partial charge is 0.0438 e. The maximum Gasteiger partial charge on any atom is 0.0438 e. The third-order valence-electron chi connectivity index (χ3n) is 2.85. The summed E-state index contributed by atoms with van der Waals surface area (Å²) in [5, 5.41) is 12.1. The van der Waals surface area contributed by atoms with Gasteiger partial charge in [-0.1, -0.05) is 38.1 Å². The van der Waals surface area contributed by atoms with Crippen LogP contribution < -0.4 is 5.32 Å². The Hall–Kier alpha value is -0.510. The van der Waals surface area contributed by atoms with Crippen molar-refractivity contribution in [2.75, 3.05) is 24.7 Å². The summed E-state index contributed by atoms with van der Waals surface area (Å²) in [5.41, 5.74) is 2.75. The first kappa shape index (κ1) is 15.5. The highest BCUT2D eigenvalue weighted by Gasteiger charge is 1.98. The van der Waals surface area contributed by atoms with Crippen molar-refractivity contribution in [2.24, 2.45) is 0 Å². The number of aliphatic hydroxyl groups is 1. The molecule has 0 saturated carbocycles. The molecule has 0 aliphatic rings. The maximum absolute atomic E-state index is 8.65. The average Bonchev–Trinajstić information content (AvgIpc) is 2.38. The van der Waals surface area contributed by atoms with Crippen molar-refractivity contribution in [3.63, 3.8) is 0 Å². The molecule has 1 aromatic carbocycles. The predicted octanol–water partition coefficient (Wildman–Crippen LogP) is 3.02. The largest absolute Gasteiger partial charge is 0.396 e. The van der Waals surface area contributed by atoms with Crippen LogP contribution in [0.1, 0.15) is 37.3 Å². The monoisotopic (exact) mass is 267 g/mol. The summed E-state index contributed by atoms with van der Waals surface area (Å²) in [4.78, 5) is 0. The summed E-state index contributed by atoms with van der Waals surface area (Å²) in [6.45, 7) is 6.72. The van der Waals surface area contributed by atoms with Gasteiger partial charge in [0, 0.05) is 25.4 Å². The number of hydrogen-bond donors (Lipinski definition) is 2. The van der Waals surface area contributed by atoms with E-state index in [4.69, 9.17) is 5.11 Å². The van der Waals surface area contributed by atoms with E-state index in [1.54, 1.807) is 0 Å². The van der Waals surface area contributed by atoms with Crippen LogP contribution in [0.15, 0.2) is 24.3 Å². The average molecular weight is 267 g/mol. The van der Waals surface area contributed by atoms with Gasteiger partial charge < -0.3 is 10.4 Å². The third-order valence-corrected chi connectivity index (χ3v) is 3.92. The van der Waals surface area contributed by atoms with Gasteiger partial charge in [-0.15, -0.1) is 0 Å². The van der Waals surface area contributed by atoms with E-state index in [1.165, 1.54) is 11.1 Å². The van der Waals surface area contributed by atoms with Crippen LogP contribution in [0.2, 0.25) is 0 Å². The van der Waals surface area contributed by atoms with Gasteiger partial charge in [-0.3, -0.25) is 0 Å². The number of nitrogens with one attached hydrogen (secondary N) is 1. The summed E-state index contributed by atoms with van der Waals surface area (Å²) in [5.74, 6) is 2.78. The van der Waals surface area contributed by atoms with Crippen molar-refractivity contribution in [2.45, 2.75) is 32.7 Å². The molecule has 18 heavy (non-hydrogen) atoms. The second kappa shape index (κ2) is 9.42. The lowest BCUT2D eigenvalue weighted by molar-refractivity contribution is 0.296. The Labute approximate surface area is 115 Å². The predicted molar refractivity (Wildman–Crippen MR) is 81.3 cm³/mol. The molecule has 0 aromatic heterocycles. The minimum Gasteiger partial charge on any atom is -0.396 e. The normalized spacial score (nSPS) is 11.1. The first-order chi connectivity index (χ1) is 8.74. The fourth-order valence-electron chi connectivity index (χ4n) is 1.67. The lowest BCUT2D eigenvalue weighted by Gasteiger charge is -2.08. The van der Waals surface area contributed by atoms with E-state index in [0.717, 1.165) is 31.0 Å². The zero-order chi connectivity index (χ0) is 13.2. The van der Waals surface area contributed by atoms with Crippen molar-refractivity contribution in [1.29, 1.82) is 0 Å². The number of rotatable bonds is 9. The topological polar surface area (TPSA) is 32.3 Å². The van der Waals surface area contributed by atoms with E-state index < -0.39 is 0 Å². The van der Waals surface area contributed by atoms with Crippen LogP contribution in [0.25, 0.3) is 0 Å². The van der Waals surface area contributed by atoms with E-state index in [9.17, 15) is 0 Å². The molecule has 0 aliphatic heterocycles. The van der Waals surface area contributed by atoms with Crippen molar-refractivity contribution in [3.8, 4) is 0 Å². The van der Waals surface area contributed by atoms with Crippen LogP contribution in [-0.4, -0.2) is 29.8 Å². The molecule has 0 spiro atoms. The van der Waals surface area contributed by atoms with Crippen molar-refractivity contribution >= 4 is 11.8 Å². The summed E-state index contributed by atoms with van der Waals surface area (Å²) in [7, 11) is 0. The third kappa shape index (κ3) is 6.43. The van der Waals surface area contributed by atoms with E-state index in [-0.39, 0.29) is 0 Å². The molecule has 2 N–H and O–H groups in total. The zero-order valence-corrected chi connectivity index (χ0v) is 12.3. The Bertz CT molecular complexity index is 311. The van der Waals surface area contributed by atoms with Crippen molar-refractivity contribution < 1.29 is 5.11 Å². The molecule has 0 aliphatic carbocycles. The van der Waals surface area contributed by atoms with Crippen molar-refractivity contribution in [3.05, 3.63) is 35.4 Å². The minimum atomic E-state index is 0.308. The highest BCUT2D eigenvalue weighted by atomic mass is 32.2. The Morgan fingerprint density at radius 2 is 1.89 bits per heavy atom. The molecule has 0 heterocycles. The van der Waals surface area contributed by atoms with Gasteiger partial charge in [-0.25, -0.2) is 0 Å². The van der Waals surface area contributed by atoms with Crippen LogP contribution >= 0.6 is 11.8 Å². The zero-order valence-electron chi connectivity index (χ0n) is 11.5. The van der Waals surface area contributed by atoms with E-state index in [0.29, 0.717) is 12.5 Å². The van der Waals surface area contributed by atoms with Gasteiger partial charge in [0.05, 0.1) is 0 Å². The first-order valence-corrected chi connectivity index (χ1v) is 7.87. The number of aliphatic hydroxyl groups excluding tert-OH is 1. The number of benzene rings is 1. The highest BCUT2D eigenvalue weighted by molar-refractivity contribution is 7.99. The number of thioether (sulfide) groups is 1. The second-order valence-corrected chi connectivity index (χ2v) is 5.99. The van der Waals surface area contributed by atoms with E-state index in [2.05, 4.69) is 43.4 Å². The van der Waals surface area contributed by atoms with Crippen LogP contribution in [0.4, 0.5) is 0 Å². The molecule has 102 valence electrons. The molecule has 0 bridgehead atoms. The molecule has 0 amide bonds. The lowest BCUT2D eigenvalue weighted by atomic mass is 10.0. The first-order valence-electron chi connectivity index (χ1n) is 6.72. The molecule has 1 aromatic rings. The van der Waals surface area contributed by atoms with Crippen LogP contribution in [0, 0.1) is 0 Å². The number of hydrogen-bond acceptors (Lipinski definition) is 3. The molecule has 0 unspecified atom stereocenters. The van der Waals surface area contributed by atoms with E-state index >= 15 is 0 Å². The van der Waals surface area contributed by atoms with Gasteiger partial charge in [-0.2, -0.15) is 11.8 Å². The van der Waals surface area contributed by atoms with Gasteiger partial charge in [0.15, 0.2) is 0 Å². The quantitative estimate of drug-likeness (QED) is 0.675. The maximum atomic E-state index is 8.65. The molecule has 0 saturated heterocycles. The molecular weight excluding hydrogens is 242 g/mol. The fourth-order valence-corrected chi connectivity index (χ4v) is 2.49. The molecule has 3 heteroatoms. The molecule has 0 radical (unpaired) electrons. The highest BCUT2D eigenvalue weighted by Crippen LogP contribution is 2.14. The van der Waals surface area contributed by atoms with E-state index in [1.807, 2.05) is 11.8 Å². The van der Waals surface area contributed by atoms with Gasteiger partial charge in [0.1, 0.15) is 0 Å². The minimum absolute atomic E-state index is 0.308. The standard InChI is InChI=1S/C15H25NOS/c1-13(2)15-6-4-14(5-7-15)12-16-8-11-18-10-3-9-17/h4-7,13,16-17H,3,8-12H2,1-2H3. The van der Waals surface area contributed by atoms with Gasteiger partial charge >= 0.3 is 0 Å². The summed E-state index contributed by atoms with van der Waals surface area (Å²) in [6.07, 6.45) is 0.904. The Kier molecular flexibility index (Phi) is 8.14. The molecule has 2 nitrogen and oxygen atoms in total. The van der Waals surface area contributed by atoms with Gasteiger partial charge in [0.25, 0.3) is 0 Å². The summed E-state index contributed by atoms with van der Waals surface area (Å²) >= 11 is 1.90. The SMILES string of the molecule is CC(C)c1ccc(CNCCSCCCO)cc1. The summed E-state index contributed by atoms with van der Waals surface area (Å²) in [6, 6.07) is 8.86. The summed E-state index contributed by atoms with van der Waals surface area (Å²) < 4.78 is 0. The Balaban J connectivity index is 2.12. The molecule has 0 fully saturated rings. The molecule has 0 atom stereocenters. The Morgan fingerprint density at radius 1 is 1.17 bits per heavy atom. The fraction of sp³-hybridized carbons (Fsp3) is 0.600. The van der Waals surface area contributed by atoms with Gasteiger partial charge in [0.2, 0.25) is 0 Å². The molecular formula is C15H25NOS. The molecule has 1 rings (SSSR count). The van der Waals surface area contributed by atoms with Crippen LogP contribution in [0.3, 0.4) is 0 Å². The second-order valence-electron chi connectivity index (χ2n) is 4.76. The van der Waals surface area contributed by atoms with Gasteiger partial charge in [-0.05, 0) is 29.2 Å². The van der Waals surface area contributed by atoms with Crippen LogP contribution in [0.5, 0.6) is 0 Å². The lowest BCUT2D eigenvalue weighted by Crippen LogP contribution is -2.16.